The molecule has 1 aliphatic rings. The van der Waals surface area contributed by atoms with Crippen LogP contribution in [0, 0.1) is 0 Å². The van der Waals surface area contributed by atoms with Crippen LogP contribution in [-0.4, -0.2) is 25.1 Å². The molecule has 0 bridgehead atoms. The number of pyridine rings is 1. The van der Waals surface area contributed by atoms with Crippen LogP contribution >= 0.6 is 0 Å². The predicted molar refractivity (Wildman–Crippen MR) is 67.7 cm³/mol. The van der Waals surface area contributed by atoms with Crippen molar-refractivity contribution >= 4 is 5.82 Å². The Morgan fingerprint density at radius 1 is 1.38 bits per heavy atom. The monoisotopic (exact) mass is 217 g/mol. The molecule has 16 heavy (non-hydrogen) atoms. The van der Waals surface area contributed by atoms with Crippen molar-refractivity contribution in [3.05, 3.63) is 36.0 Å². The summed E-state index contributed by atoms with van der Waals surface area (Å²) >= 11 is 0. The fraction of sp³-hybridized carbons (Fsp3) is 0.462. The summed E-state index contributed by atoms with van der Waals surface area (Å²) in [6.07, 6.45) is 7.52. The molecule has 1 N–H and O–H groups in total. The number of hydrogen-bond donors (Lipinski definition) is 1. The minimum atomic E-state index is 0.364. The number of aromatic nitrogens is 1. The first kappa shape index (κ1) is 11.1. The SMILES string of the molecule is CNC(C)c1ccc(N2CC=CCC2)nc1. The zero-order chi connectivity index (χ0) is 11.4. The Morgan fingerprint density at radius 2 is 2.25 bits per heavy atom. The van der Waals surface area contributed by atoms with Gasteiger partial charge < -0.3 is 10.2 Å². The summed E-state index contributed by atoms with van der Waals surface area (Å²) in [6, 6.07) is 4.63. The number of anilines is 1. The van der Waals surface area contributed by atoms with Gasteiger partial charge in [0.15, 0.2) is 0 Å². The average Bonchev–Trinajstić information content (AvgIpc) is 2.39. The predicted octanol–water partition coefficient (Wildman–Crippen LogP) is 2.13. The van der Waals surface area contributed by atoms with Gasteiger partial charge in [-0.15, -0.1) is 0 Å². The van der Waals surface area contributed by atoms with Crippen LogP contribution in [0.15, 0.2) is 30.5 Å². The molecule has 1 aromatic heterocycles. The van der Waals surface area contributed by atoms with Crippen LogP contribution < -0.4 is 10.2 Å². The summed E-state index contributed by atoms with van der Waals surface area (Å²) in [5.74, 6) is 1.08. The number of rotatable bonds is 3. The van der Waals surface area contributed by atoms with Crippen LogP contribution in [-0.2, 0) is 0 Å². The zero-order valence-electron chi connectivity index (χ0n) is 9.98. The first-order valence-corrected chi connectivity index (χ1v) is 5.84. The first-order valence-electron chi connectivity index (χ1n) is 5.84. The van der Waals surface area contributed by atoms with E-state index in [0.29, 0.717) is 6.04 Å². The normalized spacial score (nSPS) is 17.5. The second kappa shape index (κ2) is 5.12. The van der Waals surface area contributed by atoms with Crippen LogP contribution in [0.3, 0.4) is 0 Å². The summed E-state index contributed by atoms with van der Waals surface area (Å²) in [5.41, 5.74) is 1.24. The first-order chi connectivity index (χ1) is 7.81. The molecule has 0 amide bonds. The highest BCUT2D eigenvalue weighted by Gasteiger charge is 2.09. The summed E-state index contributed by atoms with van der Waals surface area (Å²) in [7, 11) is 1.97. The molecule has 0 saturated heterocycles. The standard InChI is InChI=1S/C13H19N3/c1-11(14-2)12-6-7-13(15-10-12)16-8-4-3-5-9-16/h3-4,6-7,10-11,14H,5,8-9H2,1-2H3. The van der Waals surface area contributed by atoms with Gasteiger partial charge in [-0.2, -0.15) is 0 Å². The van der Waals surface area contributed by atoms with Crippen molar-refractivity contribution in [3.8, 4) is 0 Å². The van der Waals surface area contributed by atoms with Crippen molar-refractivity contribution in [2.75, 3.05) is 25.0 Å². The van der Waals surface area contributed by atoms with Gasteiger partial charge in [0, 0.05) is 25.3 Å². The van der Waals surface area contributed by atoms with Crippen LogP contribution in [0.2, 0.25) is 0 Å². The highest BCUT2D eigenvalue weighted by atomic mass is 15.2. The van der Waals surface area contributed by atoms with Crippen LogP contribution in [0.25, 0.3) is 0 Å². The lowest BCUT2D eigenvalue weighted by Crippen LogP contribution is -2.27. The lowest BCUT2D eigenvalue weighted by atomic mass is 10.1. The van der Waals surface area contributed by atoms with E-state index in [1.807, 2.05) is 13.2 Å². The van der Waals surface area contributed by atoms with Crippen molar-refractivity contribution in [2.45, 2.75) is 19.4 Å². The minimum absolute atomic E-state index is 0.364. The molecule has 0 spiro atoms. The van der Waals surface area contributed by atoms with Gasteiger partial charge >= 0.3 is 0 Å². The Morgan fingerprint density at radius 3 is 2.81 bits per heavy atom. The summed E-state index contributed by atoms with van der Waals surface area (Å²) < 4.78 is 0. The maximum absolute atomic E-state index is 4.52. The Labute approximate surface area is 97.2 Å². The van der Waals surface area contributed by atoms with E-state index in [2.05, 4.69) is 46.4 Å². The maximum Gasteiger partial charge on any atom is 0.128 e. The number of nitrogens with one attached hydrogen (secondary N) is 1. The molecule has 1 unspecified atom stereocenters. The molecule has 2 heterocycles. The van der Waals surface area contributed by atoms with Gasteiger partial charge in [0.1, 0.15) is 5.82 Å². The second-order valence-electron chi connectivity index (χ2n) is 4.17. The molecule has 3 heteroatoms. The average molecular weight is 217 g/mol. The number of hydrogen-bond acceptors (Lipinski definition) is 3. The molecule has 0 saturated carbocycles. The van der Waals surface area contributed by atoms with E-state index in [1.165, 1.54) is 5.56 Å². The van der Waals surface area contributed by atoms with Crippen molar-refractivity contribution in [1.29, 1.82) is 0 Å². The van der Waals surface area contributed by atoms with Crippen LogP contribution in [0.1, 0.15) is 24.9 Å². The Hall–Kier alpha value is -1.35. The molecule has 2 rings (SSSR count). The molecular formula is C13H19N3. The van der Waals surface area contributed by atoms with Crippen molar-refractivity contribution in [3.63, 3.8) is 0 Å². The fourth-order valence-electron chi connectivity index (χ4n) is 1.86. The van der Waals surface area contributed by atoms with Gasteiger partial charge in [0.25, 0.3) is 0 Å². The molecule has 3 nitrogen and oxygen atoms in total. The summed E-state index contributed by atoms with van der Waals surface area (Å²) in [4.78, 5) is 6.82. The Bertz CT molecular complexity index is 356. The van der Waals surface area contributed by atoms with Crippen LogP contribution in [0.4, 0.5) is 5.82 Å². The van der Waals surface area contributed by atoms with Crippen molar-refractivity contribution in [2.24, 2.45) is 0 Å². The smallest absolute Gasteiger partial charge is 0.128 e. The summed E-state index contributed by atoms with van der Waals surface area (Å²) in [5, 5.41) is 3.22. The van der Waals surface area contributed by atoms with Crippen molar-refractivity contribution in [1.82, 2.24) is 10.3 Å². The third-order valence-electron chi connectivity index (χ3n) is 3.09. The van der Waals surface area contributed by atoms with Gasteiger partial charge in [-0.25, -0.2) is 4.98 Å². The molecule has 0 aliphatic carbocycles. The van der Waals surface area contributed by atoms with Gasteiger partial charge in [-0.3, -0.25) is 0 Å². The zero-order valence-corrected chi connectivity index (χ0v) is 9.98. The molecule has 1 aliphatic heterocycles. The minimum Gasteiger partial charge on any atom is -0.353 e. The van der Waals surface area contributed by atoms with E-state index in [1.54, 1.807) is 0 Å². The van der Waals surface area contributed by atoms with Crippen LogP contribution in [0.5, 0.6) is 0 Å². The van der Waals surface area contributed by atoms with E-state index in [4.69, 9.17) is 0 Å². The fourth-order valence-corrected chi connectivity index (χ4v) is 1.86. The highest BCUT2D eigenvalue weighted by molar-refractivity contribution is 5.41. The van der Waals surface area contributed by atoms with Gasteiger partial charge in [0.2, 0.25) is 0 Å². The molecule has 1 atom stereocenters. The molecule has 86 valence electrons. The maximum atomic E-state index is 4.52. The largest absolute Gasteiger partial charge is 0.353 e. The summed E-state index contributed by atoms with van der Waals surface area (Å²) in [6.45, 7) is 4.19. The third kappa shape index (κ3) is 2.42. The lowest BCUT2D eigenvalue weighted by Gasteiger charge is -2.24. The Kier molecular flexibility index (Phi) is 3.57. The molecule has 1 aromatic rings. The molecule has 0 fully saturated rings. The van der Waals surface area contributed by atoms with Crippen molar-refractivity contribution < 1.29 is 0 Å². The third-order valence-corrected chi connectivity index (χ3v) is 3.09. The number of nitrogens with zero attached hydrogens (tertiary/aromatic N) is 2. The van der Waals surface area contributed by atoms with E-state index in [9.17, 15) is 0 Å². The second-order valence-corrected chi connectivity index (χ2v) is 4.17. The molecule has 0 aromatic carbocycles. The van der Waals surface area contributed by atoms with Gasteiger partial charge in [-0.05, 0) is 32.0 Å². The topological polar surface area (TPSA) is 28.2 Å². The van der Waals surface area contributed by atoms with Gasteiger partial charge in [-0.1, -0.05) is 18.2 Å². The van der Waals surface area contributed by atoms with E-state index in [-0.39, 0.29) is 0 Å². The highest BCUT2D eigenvalue weighted by Crippen LogP contribution is 2.17. The van der Waals surface area contributed by atoms with E-state index in [0.717, 1.165) is 25.3 Å². The Balaban J connectivity index is 2.09. The lowest BCUT2D eigenvalue weighted by molar-refractivity contribution is 0.649. The molecular weight excluding hydrogens is 198 g/mol. The van der Waals surface area contributed by atoms with E-state index < -0.39 is 0 Å². The quantitative estimate of drug-likeness (QED) is 0.786. The molecule has 0 radical (unpaired) electrons. The van der Waals surface area contributed by atoms with Gasteiger partial charge in [0.05, 0.1) is 0 Å². The van der Waals surface area contributed by atoms with E-state index >= 15 is 0 Å².